The molecule has 0 aromatic heterocycles. The monoisotopic (exact) mass is 278 g/mol. The number of amides is 2. The van der Waals surface area contributed by atoms with Gasteiger partial charge in [0.05, 0.1) is 11.5 Å². The molecule has 18 heavy (non-hydrogen) atoms. The van der Waals surface area contributed by atoms with Crippen LogP contribution in [-0.4, -0.2) is 60.6 Å². The van der Waals surface area contributed by atoms with Crippen molar-refractivity contribution in [3.05, 3.63) is 0 Å². The van der Waals surface area contributed by atoms with Crippen molar-refractivity contribution < 1.29 is 23.1 Å². The van der Waals surface area contributed by atoms with Crippen LogP contribution in [0.2, 0.25) is 0 Å². The van der Waals surface area contributed by atoms with Crippen LogP contribution in [0.15, 0.2) is 0 Å². The Hall–Kier alpha value is -1.31. The van der Waals surface area contributed by atoms with Crippen molar-refractivity contribution in [1.82, 2.24) is 10.2 Å². The highest BCUT2D eigenvalue weighted by atomic mass is 32.2. The zero-order chi connectivity index (χ0) is 13.9. The summed E-state index contributed by atoms with van der Waals surface area (Å²) in [4.78, 5) is 24.0. The van der Waals surface area contributed by atoms with E-state index in [0.29, 0.717) is 0 Å². The third kappa shape index (κ3) is 3.59. The standard InChI is InChI=1S/C10H18N2O5S/c1-3-8(9(13)14)11-10(15)12-4-5-18(16,17)6-7(12)2/h7-8H,3-6H2,1-2H3,(H,11,15)(H,13,14)/t7?,8-/m0/s1. The van der Waals surface area contributed by atoms with Crippen LogP contribution >= 0.6 is 0 Å². The number of nitrogens with zero attached hydrogens (tertiary/aromatic N) is 1. The van der Waals surface area contributed by atoms with E-state index in [4.69, 9.17) is 5.11 Å². The Labute approximate surface area is 106 Å². The summed E-state index contributed by atoms with van der Waals surface area (Å²) in [5.74, 6) is -1.25. The van der Waals surface area contributed by atoms with Crippen LogP contribution in [-0.2, 0) is 14.6 Å². The summed E-state index contributed by atoms with van der Waals surface area (Å²) in [5.41, 5.74) is 0. The van der Waals surface area contributed by atoms with Gasteiger partial charge in [-0.2, -0.15) is 0 Å². The molecule has 0 aromatic rings. The second kappa shape index (κ2) is 5.55. The van der Waals surface area contributed by atoms with E-state index in [1.165, 1.54) is 4.90 Å². The number of hydrogen-bond donors (Lipinski definition) is 2. The summed E-state index contributed by atoms with van der Waals surface area (Å²) >= 11 is 0. The molecule has 0 bridgehead atoms. The van der Waals surface area contributed by atoms with E-state index < -0.39 is 33.9 Å². The molecule has 0 aromatic carbocycles. The van der Waals surface area contributed by atoms with Gasteiger partial charge < -0.3 is 15.3 Å². The number of carbonyl (C=O) groups excluding carboxylic acids is 1. The fourth-order valence-electron chi connectivity index (χ4n) is 1.87. The maximum absolute atomic E-state index is 11.8. The van der Waals surface area contributed by atoms with Crippen molar-refractivity contribution in [1.29, 1.82) is 0 Å². The van der Waals surface area contributed by atoms with Crippen LogP contribution in [0.4, 0.5) is 4.79 Å². The molecule has 1 aliphatic rings. The van der Waals surface area contributed by atoms with Crippen molar-refractivity contribution in [3.8, 4) is 0 Å². The smallest absolute Gasteiger partial charge is 0.326 e. The molecule has 1 unspecified atom stereocenters. The first kappa shape index (κ1) is 14.7. The second-order valence-corrected chi connectivity index (χ2v) is 6.63. The highest BCUT2D eigenvalue weighted by Crippen LogP contribution is 2.11. The van der Waals surface area contributed by atoms with Crippen molar-refractivity contribution >= 4 is 21.8 Å². The van der Waals surface area contributed by atoms with Crippen molar-refractivity contribution in [3.63, 3.8) is 0 Å². The van der Waals surface area contributed by atoms with E-state index in [1.54, 1.807) is 13.8 Å². The van der Waals surface area contributed by atoms with Crippen LogP contribution in [0.25, 0.3) is 0 Å². The van der Waals surface area contributed by atoms with Crippen LogP contribution in [0, 0.1) is 0 Å². The number of carbonyl (C=O) groups is 2. The van der Waals surface area contributed by atoms with Crippen LogP contribution in [0.5, 0.6) is 0 Å². The highest BCUT2D eigenvalue weighted by molar-refractivity contribution is 7.91. The summed E-state index contributed by atoms with van der Waals surface area (Å²) in [6.07, 6.45) is 0.279. The summed E-state index contributed by atoms with van der Waals surface area (Å²) in [6, 6.07) is -1.90. The minimum atomic E-state index is -3.09. The van der Waals surface area contributed by atoms with Gasteiger partial charge in [-0.1, -0.05) is 6.92 Å². The molecule has 0 spiro atoms. The molecule has 0 radical (unpaired) electrons. The van der Waals surface area contributed by atoms with Crippen LogP contribution in [0.3, 0.4) is 0 Å². The number of nitrogens with one attached hydrogen (secondary N) is 1. The average molecular weight is 278 g/mol. The molecule has 0 aliphatic carbocycles. The summed E-state index contributed by atoms with van der Waals surface area (Å²) in [5, 5.41) is 11.2. The number of carboxylic acid groups (broad SMARTS) is 1. The SMILES string of the molecule is CC[C@H](NC(=O)N1CCS(=O)(=O)CC1C)C(=O)O. The molecule has 104 valence electrons. The minimum Gasteiger partial charge on any atom is -0.480 e. The van der Waals surface area contributed by atoms with Gasteiger partial charge in [0.15, 0.2) is 9.84 Å². The van der Waals surface area contributed by atoms with Gasteiger partial charge in [0, 0.05) is 12.6 Å². The number of urea groups is 1. The van der Waals surface area contributed by atoms with Gasteiger partial charge in [0.25, 0.3) is 0 Å². The van der Waals surface area contributed by atoms with Gasteiger partial charge in [-0.15, -0.1) is 0 Å². The van der Waals surface area contributed by atoms with E-state index in [9.17, 15) is 18.0 Å². The van der Waals surface area contributed by atoms with Gasteiger partial charge in [0.1, 0.15) is 6.04 Å². The molecule has 7 nitrogen and oxygen atoms in total. The van der Waals surface area contributed by atoms with Gasteiger partial charge in [-0.3, -0.25) is 0 Å². The zero-order valence-electron chi connectivity index (χ0n) is 10.4. The number of carboxylic acids is 1. The van der Waals surface area contributed by atoms with Crippen molar-refractivity contribution in [2.24, 2.45) is 0 Å². The van der Waals surface area contributed by atoms with E-state index in [-0.39, 0.29) is 24.5 Å². The average Bonchev–Trinajstić information content (AvgIpc) is 2.23. The Morgan fingerprint density at radius 1 is 1.50 bits per heavy atom. The molecule has 1 aliphatic heterocycles. The maximum Gasteiger partial charge on any atom is 0.326 e. The number of rotatable bonds is 3. The maximum atomic E-state index is 11.8. The van der Waals surface area contributed by atoms with E-state index in [0.717, 1.165) is 0 Å². The lowest BCUT2D eigenvalue weighted by Crippen LogP contribution is -2.55. The second-order valence-electron chi connectivity index (χ2n) is 4.41. The molecule has 2 N–H and O–H groups in total. The molecule has 1 rings (SSSR count). The molecule has 1 heterocycles. The van der Waals surface area contributed by atoms with Gasteiger partial charge in [-0.05, 0) is 13.3 Å². The zero-order valence-corrected chi connectivity index (χ0v) is 11.2. The van der Waals surface area contributed by atoms with Crippen molar-refractivity contribution in [2.75, 3.05) is 18.1 Å². The quantitative estimate of drug-likeness (QED) is 0.736. The fraction of sp³-hybridized carbons (Fsp3) is 0.800. The summed E-state index contributed by atoms with van der Waals surface area (Å²) in [7, 11) is -3.09. The first-order valence-electron chi connectivity index (χ1n) is 5.77. The fourth-order valence-corrected chi connectivity index (χ4v) is 3.43. The summed E-state index contributed by atoms with van der Waals surface area (Å²) in [6.45, 7) is 3.40. The molecule has 1 saturated heterocycles. The Morgan fingerprint density at radius 3 is 2.56 bits per heavy atom. The Kier molecular flexibility index (Phi) is 4.55. The predicted octanol–water partition coefficient (Wildman–Crippen LogP) is -0.322. The molecule has 0 saturated carbocycles. The Balaban J connectivity index is 2.65. The van der Waals surface area contributed by atoms with Crippen molar-refractivity contribution in [2.45, 2.75) is 32.4 Å². The number of hydrogen-bond acceptors (Lipinski definition) is 4. The van der Waals surface area contributed by atoms with E-state index in [1.807, 2.05) is 0 Å². The first-order valence-corrected chi connectivity index (χ1v) is 7.59. The topological polar surface area (TPSA) is 104 Å². The minimum absolute atomic E-state index is 0.0748. The van der Waals surface area contributed by atoms with Crippen LogP contribution in [0.1, 0.15) is 20.3 Å². The molecule has 8 heteroatoms. The molecular formula is C10H18N2O5S. The third-order valence-corrected chi connectivity index (χ3v) is 4.73. The number of aliphatic carboxylic acids is 1. The number of sulfone groups is 1. The summed E-state index contributed by atoms with van der Waals surface area (Å²) < 4.78 is 22.7. The lowest BCUT2D eigenvalue weighted by atomic mass is 10.2. The van der Waals surface area contributed by atoms with E-state index >= 15 is 0 Å². The van der Waals surface area contributed by atoms with Gasteiger partial charge in [-0.25, -0.2) is 18.0 Å². The lowest BCUT2D eigenvalue weighted by molar-refractivity contribution is -0.139. The Morgan fingerprint density at radius 2 is 2.11 bits per heavy atom. The highest BCUT2D eigenvalue weighted by Gasteiger charge is 2.32. The largest absolute Gasteiger partial charge is 0.480 e. The van der Waals surface area contributed by atoms with Crippen LogP contribution < -0.4 is 5.32 Å². The third-order valence-electron chi connectivity index (χ3n) is 2.94. The first-order chi connectivity index (χ1) is 8.26. The molecule has 1 fully saturated rings. The molecular weight excluding hydrogens is 260 g/mol. The lowest BCUT2D eigenvalue weighted by Gasteiger charge is -2.33. The normalized spacial score (nSPS) is 24.3. The van der Waals surface area contributed by atoms with E-state index in [2.05, 4.69) is 5.32 Å². The Bertz CT molecular complexity index is 434. The molecule has 2 atom stereocenters. The van der Waals surface area contributed by atoms with Gasteiger partial charge in [0.2, 0.25) is 0 Å². The molecule has 2 amide bonds. The predicted molar refractivity (Wildman–Crippen MR) is 65.1 cm³/mol. The van der Waals surface area contributed by atoms with Gasteiger partial charge >= 0.3 is 12.0 Å².